The lowest BCUT2D eigenvalue weighted by Gasteiger charge is -2.23. The molecule has 1 saturated heterocycles. The number of hydrogen-bond donors (Lipinski definition) is 2. The van der Waals surface area contributed by atoms with Crippen LogP contribution in [-0.4, -0.2) is 50.7 Å². The van der Waals surface area contributed by atoms with E-state index in [1.807, 2.05) is 0 Å². The molecule has 90 valence electrons. The van der Waals surface area contributed by atoms with Crippen molar-refractivity contribution in [3.8, 4) is 0 Å². The number of unbranched alkanes of at least 4 members (excludes halogenated alkanes) is 3. The minimum Gasteiger partial charge on any atom is -0.396 e. The Morgan fingerprint density at radius 1 is 1.13 bits per heavy atom. The van der Waals surface area contributed by atoms with Gasteiger partial charge in [0.2, 0.25) is 0 Å². The predicted octanol–water partition coefficient (Wildman–Crippen LogP) is 0.544. The minimum atomic E-state index is 0.233. The van der Waals surface area contributed by atoms with Crippen molar-refractivity contribution in [2.45, 2.75) is 31.8 Å². The lowest BCUT2D eigenvalue weighted by molar-refractivity contribution is -0.0863. The molecule has 15 heavy (non-hydrogen) atoms. The Kier molecular flexibility index (Phi) is 7.83. The zero-order valence-electron chi connectivity index (χ0n) is 9.41. The Morgan fingerprint density at radius 2 is 2.00 bits per heavy atom. The van der Waals surface area contributed by atoms with E-state index in [0.29, 0.717) is 6.61 Å². The molecule has 0 spiro atoms. The van der Waals surface area contributed by atoms with Crippen molar-refractivity contribution in [2.75, 3.05) is 39.5 Å². The summed E-state index contributed by atoms with van der Waals surface area (Å²) in [6.45, 7) is 4.42. The van der Waals surface area contributed by atoms with Crippen LogP contribution in [0.2, 0.25) is 0 Å². The molecule has 0 aliphatic carbocycles. The monoisotopic (exact) mass is 217 g/mol. The number of rotatable bonds is 8. The first-order valence-electron chi connectivity index (χ1n) is 5.94. The van der Waals surface area contributed by atoms with E-state index in [4.69, 9.17) is 14.6 Å². The first-order valence-corrected chi connectivity index (χ1v) is 5.94. The first-order chi connectivity index (χ1) is 7.43. The van der Waals surface area contributed by atoms with E-state index in [9.17, 15) is 0 Å². The number of aliphatic hydroxyl groups excluding tert-OH is 1. The minimum absolute atomic E-state index is 0.233. The van der Waals surface area contributed by atoms with Crippen molar-refractivity contribution in [1.29, 1.82) is 0 Å². The van der Waals surface area contributed by atoms with Crippen molar-refractivity contribution in [3.63, 3.8) is 0 Å². The van der Waals surface area contributed by atoms with Gasteiger partial charge in [-0.15, -0.1) is 0 Å². The smallest absolute Gasteiger partial charge is 0.0933 e. The van der Waals surface area contributed by atoms with Crippen LogP contribution >= 0.6 is 0 Å². The van der Waals surface area contributed by atoms with Crippen LogP contribution in [0.3, 0.4) is 0 Å². The molecule has 1 atom stereocenters. The van der Waals surface area contributed by atoms with E-state index in [2.05, 4.69) is 5.32 Å². The van der Waals surface area contributed by atoms with Crippen LogP contribution < -0.4 is 5.32 Å². The standard InChI is InChI=1S/C11H23NO3/c13-6-4-2-1-3-5-12-9-11-10-14-7-8-15-11/h11-13H,1-10H2. The largest absolute Gasteiger partial charge is 0.396 e. The molecule has 0 saturated carbocycles. The fourth-order valence-corrected chi connectivity index (χ4v) is 1.63. The normalized spacial score (nSPS) is 21.8. The van der Waals surface area contributed by atoms with Crippen LogP contribution in [0, 0.1) is 0 Å². The van der Waals surface area contributed by atoms with Crippen molar-refractivity contribution in [3.05, 3.63) is 0 Å². The van der Waals surface area contributed by atoms with Crippen molar-refractivity contribution >= 4 is 0 Å². The third kappa shape index (κ3) is 6.84. The zero-order valence-corrected chi connectivity index (χ0v) is 9.41. The van der Waals surface area contributed by atoms with E-state index in [-0.39, 0.29) is 6.10 Å². The summed E-state index contributed by atoms with van der Waals surface area (Å²) in [7, 11) is 0. The fourth-order valence-electron chi connectivity index (χ4n) is 1.63. The Morgan fingerprint density at radius 3 is 2.73 bits per heavy atom. The summed E-state index contributed by atoms with van der Waals surface area (Å²) in [6.07, 6.45) is 4.65. The number of aliphatic hydroxyl groups is 1. The molecule has 1 aliphatic heterocycles. The maximum atomic E-state index is 8.59. The van der Waals surface area contributed by atoms with Crippen LogP contribution in [0.4, 0.5) is 0 Å². The fraction of sp³-hybridized carbons (Fsp3) is 1.00. The van der Waals surface area contributed by atoms with Crippen LogP contribution in [-0.2, 0) is 9.47 Å². The van der Waals surface area contributed by atoms with Gasteiger partial charge in [-0.2, -0.15) is 0 Å². The molecule has 1 heterocycles. The van der Waals surface area contributed by atoms with Crippen molar-refractivity contribution in [1.82, 2.24) is 5.32 Å². The van der Waals surface area contributed by atoms with E-state index >= 15 is 0 Å². The molecule has 0 bridgehead atoms. The van der Waals surface area contributed by atoms with Gasteiger partial charge in [-0.1, -0.05) is 12.8 Å². The molecule has 0 radical (unpaired) electrons. The van der Waals surface area contributed by atoms with Gasteiger partial charge in [-0.05, 0) is 19.4 Å². The van der Waals surface area contributed by atoms with Gasteiger partial charge in [0.25, 0.3) is 0 Å². The van der Waals surface area contributed by atoms with E-state index in [1.165, 1.54) is 12.8 Å². The second-order valence-corrected chi connectivity index (χ2v) is 3.91. The lowest BCUT2D eigenvalue weighted by atomic mass is 10.2. The predicted molar refractivity (Wildman–Crippen MR) is 59.0 cm³/mol. The Balaban J connectivity index is 1.79. The quantitative estimate of drug-likeness (QED) is 0.583. The van der Waals surface area contributed by atoms with Crippen molar-refractivity contribution < 1.29 is 14.6 Å². The van der Waals surface area contributed by atoms with E-state index in [0.717, 1.165) is 45.8 Å². The van der Waals surface area contributed by atoms with E-state index in [1.54, 1.807) is 0 Å². The third-order valence-electron chi connectivity index (χ3n) is 2.52. The highest BCUT2D eigenvalue weighted by atomic mass is 16.6. The summed E-state index contributed by atoms with van der Waals surface area (Å²) < 4.78 is 10.8. The lowest BCUT2D eigenvalue weighted by Crippen LogP contribution is -2.37. The van der Waals surface area contributed by atoms with Crippen LogP contribution in [0.25, 0.3) is 0 Å². The average molecular weight is 217 g/mol. The summed E-state index contributed by atoms with van der Waals surface area (Å²) in [6, 6.07) is 0. The molecule has 4 heteroatoms. The molecular weight excluding hydrogens is 194 g/mol. The number of hydrogen-bond acceptors (Lipinski definition) is 4. The molecule has 4 nitrogen and oxygen atoms in total. The molecule has 0 amide bonds. The second kappa shape index (κ2) is 9.09. The third-order valence-corrected chi connectivity index (χ3v) is 2.52. The Labute approximate surface area is 92.0 Å². The number of nitrogens with one attached hydrogen (secondary N) is 1. The summed E-state index contributed by atoms with van der Waals surface area (Å²) in [4.78, 5) is 0. The SMILES string of the molecule is OCCCCCCNCC1COCCO1. The molecule has 0 aromatic carbocycles. The van der Waals surface area contributed by atoms with Gasteiger partial charge in [0, 0.05) is 13.2 Å². The van der Waals surface area contributed by atoms with Gasteiger partial charge in [0.15, 0.2) is 0 Å². The summed E-state index contributed by atoms with van der Waals surface area (Å²) in [5, 5.41) is 12.0. The van der Waals surface area contributed by atoms with Crippen LogP contribution in [0.15, 0.2) is 0 Å². The molecule has 1 rings (SSSR count). The highest BCUT2D eigenvalue weighted by Gasteiger charge is 2.12. The molecule has 0 aromatic heterocycles. The maximum Gasteiger partial charge on any atom is 0.0933 e. The molecular formula is C11H23NO3. The van der Waals surface area contributed by atoms with Gasteiger partial charge in [0.05, 0.1) is 25.9 Å². The summed E-state index contributed by atoms with van der Waals surface area (Å²) >= 11 is 0. The maximum absolute atomic E-state index is 8.59. The van der Waals surface area contributed by atoms with Gasteiger partial charge < -0.3 is 19.9 Å². The Hall–Kier alpha value is -0.160. The van der Waals surface area contributed by atoms with Crippen LogP contribution in [0.5, 0.6) is 0 Å². The average Bonchev–Trinajstić information content (AvgIpc) is 2.29. The van der Waals surface area contributed by atoms with Crippen molar-refractivity contribution in [2.24, 2.45) is 0 Å². The highest BCUT2D eigenvalue weighted by Crippen LogP contribution is 2.00. The Bertz CT molecular complexity index is 138. The molecule has 1 fully saturated rings. The topological polar surface area (TPSA) is 50.7 Å². The van der Waals surface area contributed by atoms with Gasteiger partial charge >= 0.3 is 0 Å². The molecule has 1 unspecified atom stereocenters. The number of ether oxygens (including phenoxy) is 2. The summed E-state index contributed by atoms with van der Waals surface area (Å²) in [5.41, 5.74) is 0. The zero-order chi connectivity index (χ0) is 10.8. The molecule has 1 aliphatic rings. The van der Waals surface area contributed by atoms with Gasteiger partial charge in [-0.25, -0.2) is 0 Å². The molecule has 2 N–H and O–H groups in total. The first kappa shape index (κ1) is 12.9. The second-order valence-electron chi connectivity index (χ2n) is 3.91. The van der Waals surface area contributed by atoms with Crippen LogP contribution in [0.1, 0.15) is 25.7 Å². The van der Waals surface area contributed by atoms with Gasteiger partial charge in [-0.3, -0.25) is 0 Å². The van der Waals surface area contributed by atoms with E-state index < -0.39 is 0 Å². The van der Waals surface area contributed by atoms with Gasteiger partial charge in [0.1, 0.15) is 0 Å². The highest BCUT2D eigenvalue weighted by molar-refractivity contribution is 4.63. The summed E-state index contributed by atoms with van der Waals surface area (Å²) in [5.74, 6) is 0. The molecule has 0 aromatic rings.